The first kappa shape index (κ1) is 15.8. The average molecular weight is 341 g/mol. The first-order valence-corrected chi connectivity index (χ1v) is 8.20. The molecule has 4 rings (SSSR count). The van der Waals surface area contributed by atoms with Crippen LogP contribution < -0.4 is 10.9 Å². The average Bonchev–Trinajstić information content (AvgIpc) is 3.23. The molecule has 0 radical (unpaired) electrons. The zero-order chi connectivity index (χ0) is 17.3. The molecule has 0 bridgehead atoms. The maximum Gasteiger partial charge on any atom is 0.263 e. The summed E-state index contributed by atoms with van der Waals surface area (Å²) in [7, 11) is 0. The molecule has 0 aliphatic carbocycles. The Labute approximate surface area is 143 Å². The molecule has 8 nitrogen and oxygen atoms in total. The summed E-state index contributed by atoms with van der Waals surface area (Å²) in [5, 5.41) is 7.87. The lowest BCUT2D eigenvalue weighted by molar-refractivity contribution is -0.144. The van der Waals surface area contributed by atoms with Gasteiger partial charge in [-0.05, 0) is 19.1 Å². The molecule has 1 aliphatic heterocycles. The van der Waals surface area contributed by atoms with Gasteiger partial charge in [-0.3, -0.25) is 9.78 Å². The van der Waals surface area contributed by atoms with Crippen molar-refractivity contribution in [2.75, 3.05) is 25.1 Å². The second-order valence-corrected chi connectivity index (χ2v) is 6.05. The van der Waals surface area contributed by atoms with Crippen LogP contribution in [0.15, 0.2) is 41.3 Å². The molecule has 3 aromatic rings. The van der Waals surface area contributed by atoms with Gasteiger partial charge in [0.05, 0.1) is 25.1 Å². The van der Waals surface area contributed by atoms with E-state index in [0.29, 0.717) is 43.2 Å². The predicted octanol–water partition coefficient (Wildman–Crippen LogP) is 1.67. The van der Waals surface area contributed by atoms with E-state index in [9.17, 15) is 4.79 Å². The zero-order valence-corrected chi connectivity index (χ0v) is 13.9. The number of fused-ring (bicyclic) bond motifs is 1. The first-order chi connectivity index (χ1) is 12.1. The molecule has 8 heteroatoms. The van der Waals surface area contributed by atoms with E-state index in [0.717, 1.165) is 5.69 Å². The second-order valence-electron chi connectivity index (χ2n) is 6.05. The standard InChI is InChI=1S/C17H19N5O3/c1-17(24-9-10-25-17)7-8-18-16-20-14-13(15(23)21-16)11-19-22(14)12-5-3-2-4-6-12/h2-6,11H,7-10H2,1H3,(H2,18,20,21,23). The van der Waals surface area contributed by atoms with E-state index in [4.69, 9.17) is 9.47 Å². The van der Waals surface area contributed by atoms with E-state index < -0.39 is 5.79 Å². The van der Waals surface area contributed by atoms with Gasteiger partial charge in [-0.2, -0.15) is 10.1 Å². The van der Waals surface area contributed by atoms with Crippen LogP contribution in [0.2, 0.25) is 0 Å². The van der Waals surface area contributed by atoms with Crippen LogP contribution in [0.3, 0.4) is 0 Å². The Morgan fingerprint density at radius 3 is 2.80 bits per heavy atom. The Bertz CT molecular complexity index is 928. The van der Waals surface area contributed by atoms with Crippen molar-refractivity contribution in [3.05, 3.63) is 46.9 Å². The van der Waals surface area contributed by atoms with E-state index in [1.807, 2.05) is 37.3 Å². The molecule has 0 atom stereocenters. The van der Waals surface area contributed by atoms with Crippen LogP contribution in [0.25, 0.3) is 16.7 Å². The Hall–Kier alpha value is -2.71. The highest BCUT2D eigenvalue weighted by atomic mass is 16.7. The lowest BCUT2D eigenvalue weighted by Gasteiger charge is -2.22. The van der Waals surface area contributed by atoms with Crippen LogP contribution in [-0.4, -0.2) is 45.3 Å². The smallest absolute Gasteiger partial charge is 0.263 e. The van der Waals surface area contributed by atoms with Crippen LogP contribution in [0.1, 0.15) is 13.3 Å². The largest absolute Gasteiger partial charge is 0.355 e. The van der Waals surface area contributed by atoms with Crippen molar-refractivity contribution in [2.45, 2.75) is 19.1 Å². The van der Waals surface area contributed by atoms with Crippen molar-refractivity contribution >= 4 is 17.0 Å². The van der Waals surface area contributed by atoms with Gasteiger partial charge in [-0.15, -0.1) is 0 Å². The van der Waals surface area contributed by atoms with Crippen molar-refractivity contribution in [2.24, 2.45) is 0 Å². The van der Waals surface area contributed by atoms with Gasteiger partial charge in [0.15, 0.2) is 11.4 Å². The van der Waals surface area contributed by atoms with Crippen LogP contribution in [-0.2, 0) is 9.47 Å². The second kappa shape index (κ2) is 6.30. The third-order valence-electron chi connectivity index (χ3n) is 4.21. The molecule has 0 unspecified atom stereocenters. The van der Waals surface area contributed by atoms with Crippen LogP contribution in [0, 0.1) is 0 Å². The van der Waals surface area contributed by atoms with E-state index in [-0.39, 0.29) is 5.56 Å². The summed E-state index contributed by atoms with van der Waals surface area (Å²) in [5.41, 5.74) is 1.13. The Balaban J connectivity index is 1.59. The molecule has 2 aromatic heterocycles. The number of hydrogen-bond acceptors (Lipinski definition) is 6. The molecule has 2 N–H and O–H groups in total. The van der Waals surface area contributed by atoms with Crippen molar-refractivity contribution < 1.29 is 9.47 Å². The van der Waals surface area contributed by atoms with Crippen LogP contribution in [0.4, 0.5) is 5.95 Å². The third-order valence-corrected chi connectivity index (χ3v) is 4.21. The number of para-hydroxylation sites is 1. The number of H-pyrrole nitrogens is 1. The van der Waals surface area contributed by atoms with E-state index in [1.54, 1.807) is 4.68 Å². The molecule has 130 valence electrons. The van der Waals surface area contributed by atoms with Crippen molar-refractivity contribution in [1.29, 1.82) is 0 Å². The molecule has 1 aliphatic rings. The highest BCUT2D eigenvalue weighted by Crippen LogP contribution is 2.22. The summed E-state index contributed by atoms with van der Waals surface area (Å²) in [5.74, 6) is -0.180. The lowest BCUT2D eigenvalue weighted by Crippen LogP contribution is -2.29. The first-order valence-electron chi connectivity index (χ1n) is 8.20. The molecule has 3 heterocycles. The molecule has 1 aromatic carbocycles. The van der Waals surface area contributed by atoms with Gasteiger partial charge in [-0.1, -0.05) is 18.2 Å². The minimum absolute atomic E-state index is 0.228. The highest BCUT2D eigenvalue weighted by molar-refractivity contribution is 5.76. The summed E-state index contributed by atoms with van der Waals surface area (Å²) < 4.78 is 12.8. The number of hydrogen-bond donors (Lipinski definition) is 2. The van der Waals surface area contributed by atoms with Crippen molar-refractivity contribution in [1.82, 2.24) is 19.7 Å². The molecule has 0 saturated carbocycles. The number of aromatic amines is 1. The summed E-state index contributed by atoms with van der Waals surface area (Å²) in [6.07, 6.45) is 2.17. The summed E-state index contributed by atoms with van der Waals surface area (Å²) in [6.45, 7) is 3.68. The predicted molar refractivity (Wildman–Crippen MR) is 92.9 cm³/mol. The van der Waals surface area contributed by atoms with Crippen LogP contribution in [0.5, 0.6) is 0 Å². The van der Waals surface area contributed by atoms with Gasteiger partial charge in [0.2, 0.25) is 5.95 Å². The van der Waals surface area contributed by atoms with Crippen LogP contribution >= 0.6 is 0 Å². The van der Waals surface area contributed by atoms with Gasteiger partial charge in [0.1, 0.15) is 5.39 Å². The topological polar surface area (TPSA) is 94.1 Å². The molecule has 0 spiro atoms. The molecule has 1 fully saturated rings. The normalized spacial score (nSPS) is 16.4. The van der Waals surface area contributed by atoms with Gasteiger partial charge in [0, 0.05) is 13.0 Å². The Morgan fingerprint density at radius 1 is 1.28 bits per heavy atom. The maximum atomic E-state index is 12.3. The van der Waals surface area contributed by atoms with Gasteiger partial charge in [-0.25, -0.2) is 4.68 Å². The SMILES string of the molecule is CC1(CCNc2nc3c(cnn3-c3ccccc3)c(=O)[nH]2)OCCO1. The summed E-state index contributed by atoms with van der Waals surface area (Å²) in [4.78, 5) is 19.5. The molecular weight excluding hydrogens is 322 g/mol. The minimum atomic E-state index is -0.580. The number of rotatable bonds is 5. The van der Waals surface area contributed by atoms with Gasteiger partial charge in [0.25, 0.3) is 5.56 Å². The maximum absolute atomic E-state index is 12.3. The molecular formula is C17H19N5O3. The fourth-order valence-corrected chi connectivity index (χ4v) is 2.87. The Morgan fingerprint density at radius 2 is 2.04 bits per heavy atom. The number of ether oxygens (including phenoxy) is 2. The highest BCUT2D eigenvalue weighted by Gasteiger charge is 2.30. The number of benzene rings is 1. The fourth-order valence-electron chi connectivity index (χ4n) is 2.87. The summed E-state index contributed by atoms with van der Waals surface area (Å²) in [6, 6.07) is 9.58. The van der Waals surface area contributed by atoms with Crippen molar-refractivity contribution in [3.8, 4) is 5.69 Å². The monoisotopic (exact) mass is 341 g/mol. The Kier molecular flexibility index (Phi) is 3.98. The zero-order valence-electron chi connectivity index (χ0n) is 13.9. The van der Waals surface area contributed by atoms with Gasteiger partial charge >= 0.3 is 0 Å². The fraction of sp³-hybridized carbons (Fsp3) is 0.353. The number of aromatic nitrogens is 4. The molecule has 25 heavy (non-hydrogen) atoms. The van der Waals surface area contributed by atoms with E-state index in [2.05, 4.69) is 20.4 Å². The van der Waals surface area contributed by atoms with Gasteiger partial charge < -0.3 is 14.8 Å². The van der Waals surface area contributed by atoms with E-state index in [1.165, 1.54) is 6.20 Å². The summed E-state index contributed by atoms with van der Waals surface area (Å²) >= 11 is 0. The lowest BCUT2D eigenvalue weighted by atomic mass is 10.2. The third kappa shape index (κ3) is 3.13. The molecule has 0 amide bonds. The number of anilines is 1. The molecule has 1 saturated heterocycles. The minimum Gasteiger partial charge on any atom is -0.355 e. The quantitative estimate of drug-likeness (QED) is 0.733. The number of nitrogens with zero attached hydrogens (tertiary/aromatic N) is 3. The number of nitrogens with one attached hydrogen (secondary N) is 2. The van der Waals surface area contributed by atoms with E-state index >= 15 is 0 Å². The van der Waals surface area contributed by atoms with Crippen molar-refractivity contribution in [3.63, 3.8) is 0 Å².